The molecule has 0 radical (unpaired) electrons. The van der Waals surface area contributed by atoms with Crippen LogP contribution in [0.5, 0.6) is 0 Å². The molecule has 0 saturated carbocycles. The Kier molecular flexibility index (Phi) is 7.19. The highest BCUT2D eigenvalue weighted by molar-refractivity contribution is 6.42. The number of piperazine rings is 1. The summed E-state index contributed by atoms with van der Waals surface area (Å²) < 4.78 is 6.22. The Labute approximate surface area is 212 Å². The molecule has 3 atom stereocenters. The number of hydrogen-bond donors (Lipinski definition) is 0. The Balaban J connectivity index is 1.44. The molecule has 2 aromatic carbocycles. The van der Waals surface area contributed by atoms with Crippen LogP contribution in [0, 0.1) is 0 Å². The summed E-state index contributed by atoms with van der Waals surface area (Å²) in [6.45, 7) is 8.17. The maximum absolute atomic E-state index is 13.8. The molecule has 0 bridgehead atoms. The summed E-state index contributed by atoms with van der Waals surface area (Å²) in [5.41, 5.74) is 1.86. The minimum absolute atomic E-state index is 0.138. The molecule has 34 heavy (non-hydrogen) atoms. The Morgan fingerprint density at radius 1 is 0.941 bits per heavy atom. The fourth-order valence-electron chi connectivity index (χ4n) is 6.16. The zero-order valence-electron chi connectivity index (χ0n) is 19.8. The van der Waals surface area contributed by atoms with E-state index in [0.29, 0.717) is 36.2 Å². The fourth-order valence-corrected chi connectivity index (χ4v) is 6.48. The van der Waals surface area contributed by atoms with Gasteiger partial charge in [-0.3, -0.25) is 14.6 Å². The van der Waals surface area contributed by atoms with E-state index in [1.54, 1.807) is 6.07 Å². The fraction of sp³-hybridized carbons (Fsp3) is 0.519. The first kappa shape index (κ1) is 24.1. The van der Waals surface area contributed by atoms with Gasteiger partial charge in [0.2, 0.25) is 5.91 Å². The van der Waals surface area contributed by atoms with Gasteiger partial charge in [0.05, 0.1) is 47.3 Å². The number of hydrogen-bond acceptors (Lipinski definition) is 4. The van der Waals surface area contributed by atoms with Crippen molar-refractivity contribution >= 4 is 29.1 Å². The zero-order chi connectivity index (χ0) is 23.7. The number of rotatable bonds is 5. The van der Waals surface area contributed by atoms with E-state index >= 15 is 0 Å². The SMILES string of the molecule is CC12C(N3CCCC3)COC[C@@H]1N(Cc1ccccc1)CCN2C(=O)Cc1ccc(Cl)c(Cl)c1. The standard InChI is InChI=1S/C27H33Cl2N3O2/c1-27-24(30-11-5-6-12-30)18-34-19-25(27)31(17-20-7-3-2-4-8-20)13-14-32(27)26(33)16-21-9-10-22(28)23(29)15-21/h2-4,7-10,15,24-25H,5-6,11-14,16-19H2,1H3/t24?,25-,27?/m0/s1. The maximum atomic E-state index is 13.8. The van der Waals surface area contributed by atoms with Crippen LogP contribution < -0.4 is 0 Å². The molecule has 2 unspecified atom stereocenters. The normalized spacial score (nSPS) is 28.1. The molecule has 7 heteroatoms. The number of likely N-dealkylation sites (tertiary alicyclic amines) is 1. The Hall–Kier alpha value is -1.63. The topological polar surface area (TPSA) is 36.0 Å². The first-order valence-corrected chi connectivity index (χ1v) is 13.1. The Morgan fingerprint density at radius 3 is 2.41 bits per heavy atom. The zero-order valence-corrected chi connectivity index (χ0v) is 21.3. The van der Waals surface area contributed by atoms with Crippen LogP contribution in [0.1, 0.15) is 30.9 Å². The Bertz CT molecular complexity index is 1010. The highest BCUT2D eigenvalue weighted by atomic mass is 35.5. The van der Waals surface area contributed by atoms with Crippen LogP contribution in [0.15, 0.2) is 48.5 Å². The van der Waals surface area contributed by atoms with Crippen LogP contribution in [0.3, 0.4) is 0 Å². The molecule has 0 aliphatic carbocycles. The average Bonchev–Trinajstić information content (AvgIpc) is 3.36. The van der Waals surface area contributed by atoms with E-state index in [9.17, 15) is 4.79 Å². The number of carbonyl (C=O) groups is 1. The molecule has 3 saturated heterocycles. The molecule has 3 aliphatic heterocycles. The van der Waals surface area contributed by atoms with E-state index < -0.39 is 0 Å². The smallest absolute Gasteiger partial charge is 0.227 e. The van der Waals surface area contributed by atoms with E-state index in [4.69, 9.17) is 27.9 Å². The summed E-state index contributed by atoms with van der Waals surface area (Å²) in [4.78, 5) is 21.1. The Morgan fingerprint density at radius 2 is 1.68 bits per heavy atom. The lowest BCUT2D eigenvalue weighted by Crippen LogP contribution is -2.78. The highest BCUT2D eigenvalue weighted by Gasteiger charge is 2.56. The van der Waals surface area contributed by atoms with Gasteiger partial charge in [-0.25, -0.2) is 0 Å². The molecule has 5 rings (SSSR count). The summed E-state index contributed by atoms with van der Waals surface area (Å²) in [6, 6.07) is 16.4. The minimum Gasteiger partial charge on any atom is -0.378 e. The molecule has 0 N–H and O–H groups in total. The van der Waals surface area contributed by atoms with Gasteiger partial charge < -0.3 is 9.64 Å². The molecule has 0 spiro atoms. The summed E-state index contributed by atoms with van der Waals surface area (Å²) in [5, 5.41) is 1.00. The van der Waals surface area contributed by atoms with Gasteiger partial charge in [-0.15, -0.1) is 0 Å². The predicted octanol–water partition coefficient (Wildman–Crippen LogP) is 4.50. The number of amides is 1. The van der Waals surface area contributed by atoms with Crippen molar-refractivity contribution < 1.29 is 9.53 Å². The van der Waals surface area contributed by atoms with Gasteiger partial charge in [0.1, 0.15) is 0 Å². The van der Waals surface area contributed by atoms with Crippen molar-refractivity contribution in [2.75, 3.05) is 39.4 Å². The van der Waals surface area contributed by atoms with Crippen molar-refractivity contribution in [2.24, 2.45) is 0 Å². The van der Waals surface area contributed by atoms with E-state index in [-0.39, 0.29) is 23.5 Å². The van der Waals surface area contributed by atoms with Crippen LogP contribution >= 0.6 is 23.2 Å². The van der Waals surface area contributed by atoms with Gasteiger partial charge in [-0.05, 0) is 56.1 Å². The third-order valence-corrected chi connectivity index (χ3v) is 8.72. The van der Waals surface area contributed by atoms with E-state index in [0.717, 1.165) is 31.7 Å². The van der Waals surface area contributed by atoms with Gasteiger partial charge in [-0.2, -0.15) is 0 Å². The van der Waals surface area contributed by atoms with Crippen molar-refractivity contribution in [1.29, 1.82) is 0 Å². The second kappa shape index (κ2) is 10.2. The van der Waals surface area contributed by atoms with Gasteiger partial charge in [0.15, 0.2) is 0 Å². The first-order valence-electron chi connectivity index (χ1n) is 12.3. The predicted molar refractivity (Wildman–Crippen MR) is 136 cm³/mol. The quantitative estimate of drug-likeness (QED) is 0.604. The highest BCUT2D eigenvalue weighted by Crippen LogP contribution is 2.39. The van der Waals surface area contributed by atoms with Crippen molar-refractivity contribution in [1.82, 2.24) is 14.7 Å². The van der Waals surface area contributed by atoms with Gasteiger partial charge in [0, 0.05) is 19.6 Å². The monoisotopic (exact) mass is 501 g/mol. The average molecular weight is 502 g/mol. The van der Waals surface area contributed by atoms with Gasteiger partial charge in [-0.1, -0.05) is 59.6 Å². The molecular weight excluding hydrogens is 469 g/mol. The van der Waals surface area contributed by atoms with Gasteiger partial charge in [0.25, 0.3) is 0 Å². The molecular formula is C27H33Cl2N3O2. The van der Waals surface area contributed by atoms with Crippen LogP contribution in [-0.4, -0.2) is 77.6 Å². The molecule has 1 amide bonds. The van der Waals surface area contributed by atoms with E-state index in [1.165, 1.54) is 18.4 Å². The van der Waals surface area contributed by atoms with E-state index in [2.05, 4.69) is 52.0 Å². The largest absolute Gasteiger partial charge is 0.378 e. The molecule has 5 nitrogen and oxygen atoms in total. The number of nitrogens with zero attached hydrogens (tertiary/aromatic N) is 3. The summed E-state index contributed by atoms with van der Waals surface area (Å²) >= 11 is 12.3. The third kappa shape index (κ3) is 4.61. The molecule has 182 valence electrons. The molecule has 3 fully saturated rings. The lowest BCUT2D eigenvalue weighted by molar-refractivity contribution is -0.177. The molecule has 2 aromatic rings. The number of carbonyl (C=O) groups excluding carboxylic acids is 1. The van der Waals surface area contributed by atoms with Crippen LogP contribution in [0.2, 0.25) is 10.0 Å². The molecule has 0 aromatic heterocycles. The third-order valence-electron chi connectivity index (χ3n) is 7.98. The lowest BCUT2D eigenvalue weighted by atomic mass is 9.77. The van der Waals surface area contributed by atoms with Crippen LogP contribution in [0.25, 0.3) is 0 Å². The van der Waals surface area contributed by atoms with Gasteiger partial charge >= 0.3 is 0 Å². The number of fused-ring (bicyclic) bond motifs is 1. The molecule has 3 aliphatic rings. The summed E-state index contributed by atoms with van der Waals surface area (Å²) in [6.07, 6.45) is 2.75. The first-order chi connectivity index (χ1) is 16.5. The number of halogens is 2. The van der Waals surface area contributed by atoms with Crippen molar-refractivity contribution in [3.8, 4) is 0 Å². The number of benzene rings is 2. The van der Waals surface area contributed by atoms with Crippen molar-refractivity contribution in [2.45, 2.75) is 50.4 Å². The van der Waals surface area contributed by atoms with Crippen molar-refractivity contribution in [3.05, 3.63) is 69.7 Å². The van der Waals surface area contributed by atoms with Crippen molar-refractivity contribution in [3.63, 3.8) is 0 Å². The minimum atomic E-state index is -0.330. The summed E-state index contributed by atoms with van der Waals surface area (Å²) in [7, 11) is 0. The maximum Gasteiger partial charge on any atom is 0.227 e. The second-order valence-electron chi connectivity index (χ2n) is 9.96. The lowest BCUT2D eigenvalue weighted by Gasteiger charge is -2.61. The number of ether oxygens (including phenoxy) is 1. The van der Waals surface area contributed by atoms with Crippen LogP contribution in [0.4, 0.5) is 0 Å². The summed E-state index contributed by atoms with van der Waals surface area (Å²) in [5.74, 6) is 0.149. The molecule has 3 heterocycles. The second-order valence-corrected chi connectivity index (χ2v) is 10.8. The van der Waals surface area contributed by atoms with E-state index in [1.807, 2.05) is 12.1 Å². The van der Waals surface area contributed by atoms with Crippen LogP contribution in [-0.2, 0) is 22.5 Å².